The summed E-state index contributed by atoms with van der Waals surface area (Å²) in [6.07, 6.45) is 0.141. The highest BCUT2D eigenvalue weighted by atomic mass is 35.5. The number of benzene rings is 2. The van der Waals surface area contributed by atoms with Crippen LogP contribution in [0.3, 0.4) is 0 Å². The Morgan fingerprint density at radius 2 is 1.74 bits per heavy atom. The van der Waals surface area contributed by atoms with Gasteiger partial charge < -0.3 is 15.4 Å². The fraction of sp³-hybridized carbons (Fsp3) is 0.174. The van der Waals surface area contributed by atoms with Crippen molar-refractivity contribution in [1.29, 1.82) is 0 Å². The van der Waals surface area contributed by atoms with E-state index in [1.807, 2.05) is 37.3 Å². The summed E-state index contributed by atoms with van der Waals surface area (Å²) in [5, 5.41) is 6.34. The lowest BCUT2D eigenvalue weighted by Crippen LogP contribution is -2.16. The summed E-state index contributed by atoms with van der Waals surface area (Å²) in [7, 11) is 1.25. The maximum absolute atomic E-state index is 12.9. The quantitative estimate of drug-likeness (QED) is 0.497. The van der Waals surface area contributed by atoms with E-state index < -0.39 is 11.9 Å². The monoisotopic (exact) mass is 456 g/mol. The van der Waals surface area contributed by atoms with Crippen molar-refractivity contribution >= 4 is 51.4 Å². The molecule has 0 fully saturated rings. The molecule has 0 unspecified atom stereocenters. The van der Waals surface area contributed by atoms with Crippen molar-refractivity contribution in [2.75, 3.05) is 17.7 Å². The summed E-state index contributed by atoms with van der Waals surface area (Å²) in [4.78, 5) is 38.1. The van der Waals surface area contributed by atoms with Crippen LogP contribution in [0, 0.1) is 13.8 Å². The Hall–Kier alpha value is -3.16. The number of rotatable bonds is 6. The van der Waals surface area contributed by atoms with E-state index in [2.05, 4.69) is 10.6 Å². The zero-order valence-electron chi connectivity index (χ0n) is 17.2. The molecule has 2 aromatic carbocycles. The Kier molecular flexibility index (Phi) is 7.09. The highest BCUT2D eigenvalue weighted by Crippen LogP contribution is 2.34. The van der Waals surface area contributed by atoms with Gasteiger partial charge in [0.15, 0.2) is 0 Å². The fourth-order valence-corrected chi connectivity index (χ4v) is 4.26. The van der Waals surface area contributed by atoms with Crippen molar-refractivity contribution in [2.45, 2.75) is 20.3 Å². The highest BCUT2D eigenvalue weighted by Gasteiger charge is 2.26. The molecule has 0 spiro atoms. The second-order valence-corrected chi connectivity index (χ2v) is 8.31. The molecular formula is C23H21ClN2O4S. The van der Waals surface area contributed by atoms with Crippen molar-refractivity contribution in [3.8, 4) is 0 Å². The number of amides is 2. The predicted molar refractivity (Wildman–Crippen MR) is 123 cm³/mol. The Balaban J connectivity index is 1.86. The molecular weight excluding hydrogens is 436 g/mol. The molecule has 3 rings (SSSR count). The van der Waals surface area contributed by atoms with Gasteiger partial charge in [0.2, 0.25) is 5.91 Å². The van der Waals surface area contributed by atoms with Crippen LogP contribution in [0.4, 0.5) is 10.7 Å². The fourth-order valence-electron chi connectivity index (χ4n) is 2.98. The van der Waals surface area contributed by atoms with Gasteiger partial charge in [-0.3, -0.25) is 9.59 Å². The first kappa shape index (κ1) is 22.5. The van der Waals surface area contributed by atoms with Gasteiger partial charge in [0.05, 0.1) is 24.0 Å². The molecule has 8 heteroatoms. The van der Waals surface area contributed by atoms with E-state index in [-0.39, 0.29) is 22.9 Å². The topological polar surface area (TPSA) is 84.5 Å². The number of aryl methyl sites for hydroxylation is 1. The van der Waals surface area contributed by atoms with Crippen LogP contribution in [0.5, 0.6) is 0 Å². The van der Waals surface area contributed by atoms with Crippen LogP contribution in [0.25, 0.3) is 0 Å². The van der Waals surface area contributed by atoms with Gasteiger partial charge in [-0.1, -0.05) is 48.0 Å². The van der Waals surface area contributed by atoms with Gasteiger partial charge >= 0.3 is 5.97 Å². The molecule has 0 atom stereocenters. The van der Waals surface area contributed by atoms with E-state index in [0.717, 1.165) is 22.5 Å². The minimum Gasteiger partial charge on any atom is -0.465 e. The molecule has 0 saturated carbocycles. The number of nitrogens with one attached hydrogen (secondary N) is 2. The second-order valence-electron chi connectivity index (χ2n) is 6.88. The second kappa shape index (κ2) is 9.76. The Morgan fingerprint density at radius 3 is 2.39 bits per heavy atom. The third-order valence-corrected chi connectivity index (χ3v) is 6.25. The van der Waals surface area contributed by atoms with Crippen LogP contribution in [-0.4, -0.2) is 24.9 Å². The number of methoxy groups -OCH3 is 1. The maximum Gasteiger partial charge on any atom is 0.341 e. The van der Waals surface area contributed by atoms with Gasteiger partial charge in [-0.2, -0.15) is 0 Å². The molecule has 0 aliphatic rings. The zero-order valence-corrected chi connectivity index (χ0v) is 18.8. The van der Waals surface area contributed by atoms with Gasteiger partial charge in [-0.25, -0.2) is 4.79 Å². The molecule has 0 aliphatic carbocycles. The number of hydrogen-bond donors (Lipinski definition) is 2. The first-order valence-electron chi connectivity index (χ1n) is 9.43. The highest BCUT2D eigenvalue weighted by molar-refractivity contribution is 7.18. The average Bonchev–Trinajstić information content (AvgIpc) is 3.06. The van der Waals surface area contributed by atoms with Gasteiger partial charge in [0.1, 0.15) is 5.00 Å². The maximum atomic E-state index is 12.9. The van der Waals surface area contributed by atoms with Gasteiger partial charge in [-0.15, -0.1) is 11.3 Å². The summed E-state index contributed by atoms with van der Waals surface area (Å²) >= 11 is 7.16. The van der Waals surface area contributed by atoms with Crippen LogP contribution in [0.1, 0.15) is 36.7 Å². The number of carbonyl (C=O) groups excluding carboxylic acids is 3. The van der Waals surface area contributed by atoms with Crippen LogP contribution >= 0.6 is 22.9 Å². The lowest BCUT2D eigenvalue weighted by molar-refractivity contribution is -0.115. The number of carbonyl (C=O) groups is 3. The lowest BCUT2D eigenvalue weighted by Gasteiger charge is -2.06. The number of thiophene rings is 1. The average molecular weight is 457 g/mol. The van der Waals surface area contributed by atoms with E-state index in [4.69, 9.17) is 16.3 Å². The predicted octanol–water partition coefficient (Wildman–Crippen LogP) is 5.24. The summed E-state index contributed by atoms with van der Waals surface area (Å²) < 4.78 is 4.87. The van der Waals surface area contributed by atoms with Gasteiger partial charge in [-0.05, 0) is 42.7 Å². The van der Waals surface area contributed by atoms with Crippen LogP contribution in [-0.2, 0) is 16.0 Å². The molecule has 31 heavy (non-hydrogen) atoms. The zero-order chi connectivity index (χ0) is 22.5. The first-order valence-corrected chi connectivity index (χ1v) is 10.6. The summed E-state index contributed by atoms with van der Waals surface area (Å²) in [5.41, 5.74) is 2.86. The molecule has 0 radical (unpaired) electrons. The number of anilines is 2. The third-order valence-electron chi connectivity index (χ3n) is 4.63. The minimum atomic E-state index is -0.624. The van der Waals surface area contributed by atoms with Gasteiger partial charge in [0.25, 0.3) is 5.91 Å². The molecule has 0 saturated heterocycles. The lowest BCUT2D eigenvalue weighted by atomic mass is 10.1. The van der Waals surface area contributed by atoms with E-state index >= 15 is 0 Å². The molecule has 0 bridgehead atoms. The van der Waals surface area contributed by atoms with E-state index in [1.165, 1.54) is 7.11 Å². The molecule has 1 aromatic heterocycles. The summed E-state index contributed by atoms with van der Waals surface area (Å²) in [6.45, 7) is 3.51. The van der Waals surface area contributed by atoms with E-state index in [1.54, 1.807) is 25.1 Å². The van der Waals surface area contributed by atoms with Gasteiger partial charge in [0, 0.05) is 10.7 Å². The largest absolute Gasteiger partial charge is 0.465 e. The normalized spacial score (nSPS) is 10.5. The molecule has 3 aromatic rings. The van der Waals surface area contributed by atoms with Crippen LogP contribution in [0.15, 0.2) is 48.5 Å². The Morgan fingerprint density at radius 1 is 1.03 bits per heavy atom. The molecule has 6 nitrogen and oxygen atoms in total. The summed E-state index contributed by atoms with van der Waals surface area (Å²) in [6, 6.07) is 14.4. The smallest absolute Gasteiger partial charge is 0.341 e. The molecule has 160 valence electrons. The molecule has 2 N–H and O–H groups in total. The number of halogens is 1. The van der Waals surface area contributed by atoms with Crippen molar-refractivity contribution in [1.82, 2.24) is 0 Å². The number of esters is 1. The van der Waals surface area contributed by atoms with Crippen LogP contribution < -0.4 is 10.6 Å². The van der Waals surface area contributed by atoms with Crippen molar-refractivity contribution in [2.24, 2.45) is 0 Å². The third kappa shape index (κ3) is 5.31. The van der Waals surface area contributed by atoms with E-state index in [9.17, 15) is 14.4 Å². The molecule has 0 aliphatic heterocycles. The van der Waals surface area contributed by atoms with Crippen molar-refractivity contribution in [3.63, 3.8) is 0 Å². The number of ether oxygens (including phenoxy) is 1. The minimum absolute atomic E-state index is 0.141. The Bertz CT molecular complexity index is 1140. The first-order chi connectivity index (χ1) is 14.8. The standard InChI is InChI=1S/C23H21ClN2O4S/c1-13-9-10-16(12-17(13)24)25-21(28)20-14(2)19(23(29)30-3)22(31-20)26-18(27)11-15-7-5-4-6-8-15/h4-10,12H,11H2,1-3H3,(H,25,28)(H,26,27). The van der Waals surface area contributed by atoms with Crippen LogP contribution in [0.2, 0.25) is 5.02 Å². The molecule has 1 heterocycles. The van der Waals surface area contributed by atoms with Crippen molar-refractivity contribution in [3.05, 3.63) is 80.7 Å². The summed E-state index contributed by atoms with van der Waals surface area (Å²) in [5.74, 6) is -1.33. The molecule has 2 amide bonds. The van der Waals surface area contributed by atoms with Crippen molar-refractivity contribution < 1.29 is 19.1 Å². The SMILES string of the molecule is COC(=O)c1c(NC(=O)Cc2ccccc2)sc(C(=O)Nc2ccc(C)c(Cl)c2)c1C. The Labute approximate surface area is 189 Å². The van der Waals surface area contributed by atoms with E-state index in [0.29, 0.717) is 21.2 Å². The number of hydrogen-bond acceptors (Lipinski definition) is 5.